The Bertz CT molecular complexity index is 3510. The largest absolute Gasteiger partial charge is 0.309 e. The molecule has 6 heteroatoms. The molecule has 0 bridgehead atoms. The molecule has 9 aromatic carbocycles. The number of hydrogen-bond acceptors (Lipinski definition) is 3. The van der Waals surface area contributed by atoms with Gasteiger partial charge >= 0.3 is 0 Å². The molecule has 0 aliphatic carbocycles. The van der Waals surface area contributed by atoms with E-state index >= 15 is 4.57 Å². The number of nitrogens with zero attached hydrogens (tertiary/aromatic N) is 4. The van der Waals surface area contributed by atoms with E-state index in [1.807, 2.05) is 53.2 Å². The molecule has 0 saturated carbocycles. The third-order valence-electron chi connectivity index (χ3n) is 12.0. The molecular weight excluding hydrogens is 752 g/mol. The van der Waals surface area contributed by atoms with Gasteiger partial charge in [-0.2, -0.15) is 0 Å². The molecule has 1 unspecified atom stereocenters. The lowest BCUT2D eigenvalue weighted by Gasteiger charge is -2.40. The summed E-state index contributed by atoms with van der Waals surface area (Å²) >= 11 is 0. The van der Waals surface area contributed by atoms with Crippen molar-refractivity contribution in [1.82, 2.24) is 14.5 Å². The molecule has 5 nitrogen and oxygen atoms in total. The van der Waals surface area contributed by atoms with Gasteiger partial charge in [0.1, 0.15) is 0 Å². The number of para-hydroxylation sites is 3. The second kappa shape index (κ2) is 13.5. The predicted octanol–water partition coefficient (Wildman–Crippen LogP) is 13.3. The maximum Gasteiger partial charge on any atom is 0.237 e. The van der Waals surface area contributed by atoms with Gasteiger partial charge in [0.2, 0.25) is 13.2 Å². The van der Waals surface area contributed by atoms with Crippen molar-refractivity contribution in [3.05, 3.63) is 212 Å². The molecule has 1 aliphatic heterocycles. The minimum absolute atomic E-state index is 0.380. The maximum absolute atomic E-state index is 17.7. The van der Waals surface area contributed by atoms with Crippen LogP contribution in [-0.4, -0.2) is 14.5 Å². The Morgan fingerprint density at radius 1 is 0.433 bits per heavy atom. The van der Waals surface area contributed by atoms with Crippen LogP contribution in [0.1, 0.15) is 0 Å². The zero-order chi connectivity index (χ0) is 39.8. The summed E-state index contributed by atoms with van der Waals surface area (Å²) < 4.78 is 22.0. The fourth-order valence-corrected chi connectivity index (χ4v) is 12.5. The second-order valence-corrected chi connectivity index (χ2v) is 17.8. The Balaban J connectivity index is 1.24. The van der Waals surface area contributed by atoms with Crippen LogP contribution < -0.4 is 15.3 Å². The first-order chi connectivity index (χ1) is 29.7. The molecule has 0 spiro atoms. The monoisotopic (exact) mass is 786 g/mol. The van der Waals surface area contributed by atoms with Gasteiger partial charge in [0.15, 0.2) is 0 Å². The molecule has 2 aromatic heterocycles. The minimum Gasteiger partial charge on any atom is -0.309 e. The van der Waals surface area contributed by atoms with Gasteiger partial charge in [-0.15, -0.1) is 0 Å². The van der Waals surface area contributed by atoms with E-state index in [-0.39, 0.29) is 0 Å². The van der Waals surface area contributed by atoms with Crippen LogP contribution >= 0.6 is 7.29 Å². The molecule has 3 heterocycles. The number of hydrogen-bond donors (Lipinski definition) is 0. The van der Waals surface area contributed by atoms with E-state index in [9.17, 15) is 0 Å². The Labute approximate surface area is 346 Å². The quantitative estimate of drug-likeness (QED) is 0.129. The van der Waals surface area contributed by atoms with Gasteiger partial charge < -0.3 is 4.57 Å². The molecule has 12 rings (SSSR count). The summed E-state index contributed by atoms with van der Waals surface area (Å²) in [5.74, 6) is 0.380. The van der Waals surface area contributed by atoms with Crippen LogP contribution in [0.2, 0.25) is 0 Å². The number of aromatic nitrogens is 3. The van der Waals surface area contributed by atoms with E-state index in [1.165, 1.54) is 0 Å². The zero-order valence-electron chi connectivity index (χ0n) is 32.4. The average molecular weight is 787 g/mol. The third-order valence-corrected chi connectivity index (χ3v) is 15.0. The van der Waals surface area contributed by atoms with Gasteiger partial charge in [-0.25, -0.2) is 9.97 Å². The molecular formula is C54H35N4OP. The summed E-state index contributed by atoms with van der Waals surface area (Å²) in [6.45, 7) is 0. The summed E-state index contributed by atoms with van der Waals surface area (Å²) in [7, 11) is -3.94. The van der Waals surface area contributed by atoms with Gasteiger partial charge in [-0.1, -0.05) is 170 Å². The fourth-order valence-electron chi connectivity index (χ4n) is 9.32. The first-order valence-corrected chi connectivity index (χ1v) is 21.9. The van der Waals surface area contributed by atoms with Gasteiger partial charge in [0.05, 0.1) is 33.2 Å². The molecule has 0 fully saturated rings. The van der Waals surface area contributed by atoms with E-state index in [1.54, 1.807) is 0 Å². The van der Waals surface area contributed by atoms with Gasteiger partial charge in [0.25, 0.3) is 0 Å². The highest BCUT2D eigenvalue weighted by Crippen LogP contribution is 2.62. The van der Waals surface area contributed by atoms with Crippen LogP contribution in [-0.2, 0) is 4.57 Å². The van der Waals surface area contributed by atoms with Crippen molar-refractivity contribution in [1.29, 1.82) is 0 Å². The standard InChI is InChI=1S/C54H35N4OP/c59-60(40-32-34-45-43-25-12-14-29-48(43)57(50(45)35-40)39-22-8-3-9-23-39)53-42(36-17-4-1-5-18-36)27-16-28-46(53)44-26-13-15-30-49(44)58(60)54-55-51(38-20-6-2-7-21-38)47-33-31-37-19-10-11-24-41(37)52(47)56-54/h1-35H. The average Bonchev–Trinajstić information content (AvgIpc) is 3.65. The van der Waals surface area contributed by atoms with Crippen LogP contribution in [0, 0.1) is 0 Å². The number of anilines is 2. The lowest BCUT2D eigenvalue weighted by Crippen LogP contribution is -2.35. The lowest BCUT2D eigenvalue weighted by molar-refractivity contribution is 0.586. The molecule has 282 valence electrons. The summed E-state index contributed by atoms with van der Waals surface area (Å²) in [6, 6.07) is 73.1. The topological polar surface area (TPSA) is 51.0 Å². The zero-order valence-corrected chi connectivity index (χ0v) is 33.2. The molecule has 60 heavy (non-hydrogen) atoms. The predicted molar refractivity (Wildman–Crippen MR) is 250 cm³/mol. The van der Waals surface area contributed by atoms with E-state index in [0.717, 1.165) is 93.7 Å². The molecule has 0 N–H and O–H groups in total. The summed E-state index contributed by atoms with van der Waals surface area (Å²) in [4.78, 5) is 11.0. The van der Waals surface area contributed by atoms with Crippen LogP contribution in [0.3, 0.4) is 0 Å². The second-order valence-electron chi connectivity index (χ2n) is 15.3. The number of fused-ring (bicyclic) bond motifs is 9. The molecule has 0 amide bonds. The highest BCUT2D eigenvalue weighted by molar-refractivity contribution is 7.81. The highest BCUT2D eigenvalue weighted by atomic mass is 31.2. The summed E-state index contributed by atoms with van der Waals surface area (Å²) in [5.41, 5.74) is 10.2. The van der Waals surface area contributed by atoms with Crippen molar-refractivity contribution in [2.24, 2.45) is 0 Å². The van der Waals surface area contributed by atoms with Crippen LogP contribution in [0.4, 0.5) is 11.6 Å². The van der Waals surface area contributed by atoms with E-state index in [2.05, 4.69) is 168 Å². The van der Waals surface area contributed by atoms with Crippen LogP contribution in [0.25, 0.3) is 82.7 Å². The first kappa shape index (κ1) is 34.5. The summed E-state index contributed by atoms with van der Waals surface area (Å²) in [6.07, 6.45) is 0. The van der Waals surface area contributed by atoms with Crippen molar-refractivity contribution < 1.29 is 4.57 Å². The number of rotatable bonds is 5. The Morgan fingerprint density at radius 3 is 1.87 bits per heavy atom. The first-order valence-electron chi connectivity index (χ1n) is 20.2. The highest BCUT2D eigenvalue weighted by Gasteiger charge is 2.46. The third kappa shape index (κ3) is 5.10. The van der Waals surface area contributed by atoms with Crippen molar-refractivity contribution >= 4 is 73.0 Å². The normalized spacial score (nSPS) is 14.8. The van der Waals surface area contributed by atoms with E-state index < -0.39 is 7.29 Å². The van der Waals surface area contributed by atoms with Gasteiger partial charge in [0, 0.05) is 43.7 Å². The smallest absolute Gasteiger partial charge is 0.237 e. The molecule has 0 saturated heterocycles. The van der Waals surface area contributed by atoms with Crippen molar-refractivity contribution in [2.75, 3.05) is 4.67 Å². The van der Waals surface area contributed by atoms with Crippen molar-refractivity contribution in [2.45, 2.75) is 0 Å². The Kier molecular flexibility index (Phi) is 7.75. The van der Waals surface area contributed by atoms with Crippen molar-refractivity contribution in [3.8, 4) is 39.2 Å². The minimum atomic E-state index is -3.94. The van der Waals surface area contributed by atoms with E-state index in [0.29, 0.717) is 11.3 Å². The molecule has 0 radical (unpaired) electrons. The molecule has 11 aromatic rings. The van der Waals surface area contributed by atoms with Crippen LogP contribution in [0.15, 0.2) is 212 Å². The van der Waals surface area contributed by atoms with Crippen LogP contribution in [0.5, 0.6) is 0 Å². The lowest BCUT2D eigenvalue weighted by atomic mass is 9.97. The fraction of sp³-hybridized carbons (Fsp3) is 0. The molecule has 1 atom stereocenters. The van der Waals surface area contributed by atoms with Gasteiger partial charge in [-0.05, 0) is 64.5 Å². The van der Waals surface area contributed by atoms with E-state index in [4.69, 9.17) is 9.97 Å². The maximum atomic E-state index is 17.7. The van der Waals surface area contributed by atoms with Crippen molar-refractivity contribution in [3.63, 3.8) is 0 Å². The summed E-state index contributed by atoms with van der Waals surface area (Å²) in [5, 5.41) is 6.70. The SMILES string of the molecule is O=P1(c2ccc3c4ccccc4n(-c4ccccc4)c3c2)c2c(-c3ccccc3)cccc2-c2ccccc2N1c1nc(-c2ccccc2)c2ccc3ccccc3c2n1. The number of benzene rings is 9. The van der Waals surface area contributed by atoms with Gasteiger partial charge in [-0.3, -0.25) is 9.24 Å². The Hall–Kier alpha value is -7.59. The Morgan fingerprint density at radius 2 is 1.05 bits per heavy atom. The molecule has 1 aliphatic rings.